The van der Waals surface area contributed by atoms with Crippen molar-refractivity contribution in [3.63, 3.8) is 0 Å². The van der Waals surface area contributed by atoms with Gasteiger partial charge in [-0.2, -0.15) is 0 Å². The summed E-state index contributed by atoms with van der Waals surface area (Å²) in [4.78, 5) is 16.4. The van der Waals surface area contributed by atoms with Gasteiger partial charge in [-0.1, -0.05) is 12.1 Å². The van der Waals surface area contributed by atoms with Crippen LogP contribution in [0.1, 0.15) is 23.0 Å². The number of aromatic nitrogens is 2. The van der Waals surface area contributed by atoms with E-state index in [2.05, 4.69) is 15.2 Å². The number of hydrogen-bond donors (Lipinski definition) is 0. The van der Waals surface area contributed by atoms with Crippen molar-refractivity contribution in [3.05, 3.63) is 59.7 Å². The van der Waals surface area contributed by atoms with Gasteiger partial charge >= 0.3 is 5.97 Å². The van der Waals surface area contributed by atoms with Gasteiger partial charge in [0.15, 0.2) is 11.5 Å². The Bertz CT molecular complexity index is 933. The van der Waals surface area contributed by atoms with Crippen LogP contribution in [0.4, 0.5) is 15.9 Å². The van der Waals surface area contributed by atoms with Gasteiger partial charge in [0, 0.05) is 12.3 Å². The molecule has 1 aromatic carbocycles. The highest BCUT2D eigenvalue weighted by atomic mass is 19.1. The summed E-state index contributed by atoms with van der Waals surface area (Å²) in [6, 6.07) is 9.38. The van der Waals surface area contributed by atoms with Crippen molar-refractivity contribution >= 4 is 23.1 Å². The molecule has 0 atom stereocenters. The van der Waals surface area contributed by atoms with Gasteiger partial charge in [0.2, 0.25) is 0 Å². The zero-order valence-electron chi connectivity index (χ0n) is 13.2. The molecular weight excluding hydrogens is 311 g/mol. The first-order valence-electron chi connectivity index (χ1n) is 7.41. The van der Waals surface area contributed by atoms with Crippen LogP contribution in [-0.4, -0.2) is 22.0 Å². The fourth-order valence-electron chi connectivity index (χ4n) is 2.21. The maximum absolute atomic E-state index is 13.3. The van der Waals surface area contributed by atoms with E-state index in [1.54, 1.807) is 29.7 Å². The van der Waals surface area contributed by atoms with Gasteiger partial charge in [-0.15, -0.1) is 10.2 Å². The third-order valence-electron chi connectivity index (χ3n) is 3.28. The summed E-state index contributed by atoms with van der Waals surface area (Å²) in [5.41, 5.74) is 1.93. The molecule has 0 aliphatic carbocycles. The zero-order chi connectivity index (χ0) is 17.1. The lowest BCUT2D eigenvalue weighted by Crippen LogP contribution is -2.05. The number of imidazole rings is 1. The van der Waals surface area contributed by atoms with Crippen molar-refractivity contribution in [1.82, 2.24) is 9.38 Å². The number of fused-ring (bicyclic) bond motifs is 1. The van der Waals surface area contributed by atoms with Crippen LogP contribution in [0, 0.1) is 12.7 Å². The lowest BCUT2D eigenvalue weighted by atomic mass is 10.3. The summed E-state index contributed by atoms with van der Waals surface area (Å²) in [5.74, 6) is -0.741. The Morgan fingerprint density at radius 1 is 1.29 bits per heavy atom. The van der Waals surface area contributed by atoms with Crippen molar-refractivity contribution in [2.75, 3.05) is 6.61 Å². The normalized spacial score (nSPS) is 11.3. The highest BCUT2D eigenvalue weighted by Crippen LogP contribution is 2.25. The molecule has 0 spiro atoms. The monoisotopic (exact) mass is 326 g/mol. The Balaban J connectivity index is 2.11. The number of azo groups is 1. The predicted octanol–water partition coefficient (Wildman–Crippen LogP) is 4.37. The van der Waals surface area contributed by atoms with Crippen molar-refractivity contribution in [3.8, 4) is 0 Å². The molecule has 0 unspecified atom stereocenters. The minimum atomic E-state index is -0.577. The predicted molar refractivity (Wildman–Crippen MR) is 86.5 cm³/mol. The Kier molecular flexibility index (Phi) is 4.33. The number of nitrogens with zero attached hydrogens (tertiary/aromatic N) is 4. The highest BCUT2D eigenvalue weighted by Gasteiger charge is 2.20. The molecule has 6 nitrogen and oxygen atoms in total. The van der Waals surface area contributed by atoms with E-state index in [1.807, 2.05) is 13.0 Å². The van der Waals surface area contributed by atoms with Gasteiger partial charge < -0.3 is 4.74 Å². The Hall–Kier alpha value is -3.09. The van der Waals surface area contributed by atoms with Gasteiger partial charge in [0.25, 0.3) is 0 Å². The van der Waals surface area contributed by atoms with Crippen LogP contribution in [0.5, 0.6) is 0 Å². The number of benzene rings is 1. The first-order chi connectivity index (χ1) is 11.6. The molecule has 24 heavy (non-hydrogen) atoms. The van der Waals surface area contributed by atoms with Crippen LogP contribution in [0.25, 0.3) is 5.65 Å². The molecule has 0 fully saturated rings. The second-order valence-electron chi connectivity index (χ2n) is 5.12. The molecule has 3 aromatic rings. The molecule has 2 aromatic heterocycles. The summed E-state index contributed by atoms with van der Waals surface area (Å²) in [7, 11) is 0. The Morgan fingerprint density at radius 3 is 2.88 bits per heavy atom. The van der Waals surface area contributed by atoms with Crippen LogP contribution in [0.3, 0.4) is 0 Å². The fraction of sp³-hybridized carbons (Fsp3) is 0.176. The van der Waals surface area contributed by atoms with Crippen molar-refractivity contribution in [1.29, 1.82) is 0 Å². The van der Waals surface area contributed by atoms with E-state index in [-0.39, 0.29) is 18.1 Å². The molecule has 3 rings (SSSR count). The van der Waals surface area contributed by atoms with Crippen LogP contribution < -0.4 is 0 Å². The van der Waals surface area contributed by atoms with E-state index >= 15 is 0 Å². The third-order valence-corrected chi connectivity index (χ3v) is 3.28. The number of carbonyl (C=O) groups excluding carboxylic acids is 1. The summed E-state index contributed by atoms with van der Waals surface area (Å²) in [6.07, 6.45) is 1.80. The first kappa shape index (κ1) is 15.8. The summed E-state index contributed by atoms with van der Waals surface area (Å²) in [6.45, 7) is 3.86. The number of halogens is 1. The fourth-order valence-corrected chi connectivity index (χ4v) is 2.21. The van der Waals surface area contributed by atoms with Crippen LogP contribution in [0.2, 0.25) is 0 Å². The highest BCUT2D eigenvalue weighted by molar-refractivity contribution is 5.93. The van der Waals surface area contributed by atoms with E-state index in [0.717, 1.165) is 5.56 Å². The largest absolute Gasteiger partial charge is 0.461 e. The number of hydrogen-bond acceptors (Lipinski definition) is 5. The van der Waals surface area contributed by atoms with E-state index in [4.69, 9.17) is 4.74 Å². The van der Waals surface area contributed by atoms with Crippen molar-refractivity contribution in [2.45, 2.75) is 13.8 Å². The molecule has 0 aliphatic rings. The summed E-state index contributed by atoms with van der Waals surface area (Å²) < 4.78 is 19.9. The molecular formula is C17H15FN4O2. The number of carbonyl (C=O) groups is 1. The number of aryl methyl sites for hydroxylation is 1. The van der Waals surface area contributed by atoms with Crippen LogP contribution in [-0.2, 0) is 4.74 Å². The van der Waals surface area contributed by atoms with Gasteiger partial charge in [-0.05, 0) is 37.6 Å². The number of pyridine rings is 1. The lowest BCUT2D eigenvalue weighted by molar-refractivity contribution is 0.0521. The molecule has 7 heteroatoms. The quantitative estimate of drug-likeness (QED) is 0.528. The Labute approximate surface area is 137 Å². The van der Waals surface area contributed by atoms with E-state index < -0.39 is 11.8 Å². The molecule has 0 amide bonds. The van der Waals surface area contributed by atoms with Gasteiger partial charge in [-0.25, -0.2) is 14.2 Å². The van der Waals surface area contributed by atoms with Crippen molar-refractivity contribution < 1.29 is 13.9 Å². The average Bonchev–Trinajstić information content (AvgIpc) is 2.91. The number of esters is 1. The number of ether oxygens (including phenoxy) is 1. The van der Waals surface area contributed by atoms with E-state index in [9.17, 15) is 9.18 Å². The van der Waals surface area contributed by atoms with E-state index in [1.165, 1.54) is 18.2 Å². The molecule has 0 N–H and O–H groups in total. The SMILES string of the molecule is CCOC(=O)c1nc2ccc(C)cn2c1N=Nc1cccc(F)c1. The molecule has 0 radical (unpaired) electrons. The summed E-state index contributed by atoms with van der Waals surface area (Å²) in [5, 5.41) is 8.12. The van der Waals surface area contributed by atoms with Gasteiger partial charge in [0.05, 0.1) is 12.3 Å². The minimum Gasteiger partial charge on any atom is -0.461 e. The lowest BCUT2D eigenvalue weighted by Gasteiger charge is -2.00. The summed E-state index contributed by atoms with van der Waals surface area (Å²) >= 11 is 0. The molecule has 2 heterocycles. The standard InChI is InChI=1S/C17H15FN4O2/c1-3-24-17(23)15-16(21-20-13-6-4-5-12(18)9-13)22-10-11(2)7-8-14(22)19-15/h4-10H,3H2,1-2H3. The second kappa shape index (κ2) is 6.57. The smallest absolute Gasteiger partial charge is 0.360 e. The van der Waals surface area contributed by atoms with Crippen molar-refractivity contribution in [2.24, 2.45) is 10.2 Å². The van der Waals surface area contributed by atoms with Gasteiger partial charge in [-0.3, -0.25) is 4.40 Å². The maximum Gasteiger partial charge on any atom is 0.360 e. The van der Waals surface area contributed by atoms with Crippen LogP contribution in [0.15, 0.2) is 52.8 Å². The minimum absolute atomic E-state index is 0.0719. The molecule has 0 saturated carbocycles. The molecule has 0 saturated heterocycles. The van der Waals surface area contributed by atoms with Crippen LogP contribution >= 0.6 is 0 Å². The zero-order valence-corrected chi connectivity index (χ0v) is 13.2. The second-order valence-corrected chi connectivity index (χ2v) is 5.12. The molecule has 0 aliphatic heterocycles. The number of rotatable bonds is 4. The maximum atomic E-state index is 13.3. The third kappa shape index (κ3) is 3.15. The Morgan fingerprint density at radius 2 is 2.12 bits per heavy atom. The molecule has 0 bridgehead atoms. The topological polar surface area (TPSA) is 68.3 Å². The van der Waals surface area contributed by atoms with Gasteiger partial charge in [0.1, 0.15) is 11.5 Å². The first-order valence-corrected chi connectivity index (χ1v) is 7.41. The molecule has 122 valence electrons. The van der Waals surface area contributed by atoms with E-state index in [0.29, 0.717) is 11.3 Å². The average molecular weight is 326 g/mol.